The number of benzene rings is 1. The van der Waals surface area contributed by atoms with Gasteiger partial charge in [-0.25, -0.2) is 0 Å². The smallest absolute Gasteiger partial charge is 0.233 e. The number of rotatable bonds is 7. The molecule has 0 spiro atoms. The van der Waals surface area contributed by atoms with Gasteiger partial charge in [0, 0.05) is 19.3 Å². The Bertz CT molecular complexity index is 415. The first-order chi connectivity index (χ1) is 9.15. The van der Waals surface area contributed by atoms with Crippen molar-refractivity contribution in [2.75, 3.05) is 25.6 Å². The minimum Gasteiger partial charge on any atom is -0.383 e. The Morgan fingerprint density at radius 2 is 1.84 bits per heavy atom. The lowest BCUT2D eigenvalue weighted by Crippen LogP contribution is -2.30. The highest BCUT2D eigenvalue weighted by Gasteiger charge is 2.08. The second-order valence-corrected chi connectivity index (χ2v) is 4.12. The van der Waals surface area contributed by atoms with Gasteiger partial charge < -0.3 is 15.4 Å². The molecule has 1 aromatic rings. The van der Waals surface area contributed by atoms with E-state index in [9.17, 15) is 9.59 Å². The standard InChI is InChI=1S/C14H20N2O3/c1-3-11-4-6-12(7-5-11)16-14(18)10-13(17)15-8-9-19-2/h4-7H,3,8-10H2,1-2H3,(H,15,17)(H,16,18). The van der Waals surface area contributed by atoms with Crippen molar-refractivity contribution >= 4 is 17.5 Å². The first-order valence-corrected chi connectivity index (χ1v) is 6.30. The Morgan fingerprint density at radius 3 is 2.42 bits per heavy atom. The van der Waals surface area contributed by atoms with E-state index >= 15 is 0 Å². The van der Waals surface area contributed by atoms with E-state index in [1.807, 2.05) is 24.3 Å². The molecule has 0 fully saturated rings. The average molecular weight is 264 g/mol. The van der Waals surface area contributed by atoms with Gasteiger partial charge in [0.15, 0.2) is 0 Å². The fourth-order valence-corrected chi connectivity index (χ4v) is 1.53. The molecule has 0 saturated carbocycles. The quantitative estimate of drug-likeness (QED) is 0.577. The molecule has 0 heterocycles. The third kappa shape index (κ3) is 6.01. The molecule has 0 unspecified atom stereocenters. The molecule has 5 heteroatoms. The van der Waals surface area contributed by atoms with Gasteiger partial charge in [-0.05, 0) is 24.1 Å². The number of ether oxygens (including phenoxy) is 1. The van der Waals surface area contributed by atoms with E-state index in [2.05, 4.69) is 17.6 Å². The van der Waals surface area contributed by atoms with Crippen molar-refractivity contribution in [3.05, 3.63) is 29.8 Å². The van der Waals surface area contributed by atoms with E-state index in [1.54, 1.807) is 7.11 Å². The molecule has 0 aliphatic carbocycles. The van der Waals surface area contributed by atoms with E-state index in [4.69, 9.17) is 4.74 Å². The van der Waals surface area contributed by atoms with Gasteiger partial charge in [0.05, 0.1) is 6.61 Å². The Balaban J connectivity index is 2.35. The highest BCUT2D eigenvalue weighted by atomic mass is 16.5. The average Bonchev–Trinajstić information content (AvgIpc) is 2.39. The lowest BCUT2D eigenvalue weighted by molar-refractivity contribution is -0.126. The van der Waals surface area contributed by atoms with Crippen molar-refractivity contribution in [1.29, 1.82) is 0 Å². The molecular formula is C14H20N2O3. The highest BCUT2D eigenvalue weighted by Crippen LogP contribution is 2.10. The molecule has 2 amide bonds. The summed E-state index contributed by atoms with van der Waals surface area (Å²) >= 11 is 0. The first kappa shape index (κ1) is 15.2. The minimum absolute atomic E-state index is 0.181. The molecule has 0 aliphatic heterocycles. The predicted octanol–water partition coefficient (Wildman–Crippen LogP) is 1.34. The SMILES string of the molecule is CCc1ccc(NC(=O)CC(=O)NCCOC)cc1. The fraction of sp³-hybridized carbons (Fsp3) is 0.429. The Kier molecular flexibility index (Phi) is 6.60. The lowest BCUT2D eigenvalue weighted by Gasteiger charge is -2.07. The zero-order valence-electron chi connectivity index (χ0n) is 11.4. The molecule has 0 radical (unpaired) electrons. The maximum atomic E-state index is 11.6. The molecule has 5 nitrogen and oxygen atoms in total. The lowest BCUT2D eigenvalue weighted by atomic mass is 10.1. The Morgan fingerprint density at radius 1 is 1.16 bits per heavy atom. The maximum Gasteiger partial charge on any atom is 0.233 e. The van der Waals surface area contributed by atoms with Crippen molar-refractivity contribution < 1.29 is 14.3 Å². The van der Waals surface area contributed by atoms with Gasteiger partial charge in [-0.1, -0.05) is 19.1 Å². The number of anilines is 1. The molecule has 0 aromatic heterocycles. The van der Waals surface area contributed by atoms with Crippen LogP contribution in [0, 0.1) is 0 Å². The highest BCUT2D eigenvalue weighted by molar-refractivity contribution is 6.03. The van der Waals surface area contributed by atoms with Gasteiger partial charge in [0.2, 0.25) is 11.8 Å². The van der Waals surface area contributed by atoms with Gasteiger partial charge in [0.1, 0.15) is 6.42 Å². The largest absolute Gasteiger partial charge is 0.383 e. The number of nitrogens with one attached hydrogen (secondary N) is 2. The second-order valence-electron chi connectivity index (χ2n) is 4.12. The molecule has 1 rings (SSSR count). The summed E-state index contributed by atoms with van der Waals surface area (Å²) in [5, 5.41) is 5.28. The van der Waals surface area contributed by atoms with Crippen LogP contribution in [-0.2, 0) is 20.7 Å². The number of carbonyl (C=O) groups is 2. The number of carbonyl (C=O) groups excluding carboxylic acids is 2. The molecule has 0 aliphatic rings. The summed E-state index contributed by atoms with van der Waals surface area (Å²) < 4.78 is 4.80. The molecule has 19 heavy (non-hydrogen) atoms. The van der Waals surface area contributed by atoms with Crippen molar-refractivity contribution in [2.24, 2.45) is 0 Å². The normalized spacial score (nSPS) is 10.0. The van der Waals surface area contributed by atoms with Crippen molar-refractivity contribution in [3.8, 4) is 0 Å². The van der Waals surface area contributed by atoms with Crippen LogP contribution in [0.5, 0.6) is 0 Å². The van der Waals surface area contributed by atoms with E-state index < -0.39 is 0 Å². The molecule has 0 saturated heterocycles. The van der Waals surface area contributed by atoms with E-state index in [0.717, 1.165) is 6.42 Å². The number of methoxy groups -OCH3 is 1. The van der Waals surface area contributed by atoms with Crippen LogP contribution in [0.15, 0.2) is 24.3 Å². The summed E-state index contributed by atoms with van der Waals surface area (Å²) in [7, 11) is 1.55. The monoisotopic (exact) mass is 264 g/mol. The fourth-order valence-electron chi connectivity index (χ4n) is 1.53. The van der Waals surface area contributed by atoms with Crippen molar-refractivity contribution in [1.82, 2.24) is 5.32 Å². The molecule has 2 N–H and O–H groups in total. The zero-order valence-corrected chi connectivity index (χ0v) is 11.4. The van der Waals surface area contributed by atoms with Crippen LogP contribution >= 0.6 is 0 Å². The van der Waals surface area contributed by atoms with Crippen LogP contribution in [0.25, 0.3) is 0 Å². The number of aryl methyl sites for hydroxylation is 1. The Hall–Kier alpha value is -1.88. The van der Waals surface area contributed by atoms with E-state index in [0.29, 0.717) is 18.8 Å². The summed E-state index contributed by atoms with van der Waals surface area (Å²) in [5.41, 5.74) is 1.90. The van der Waals surface area contributed by atoms with Crippen LogP contribution in [0.3, 0.4) is 0 Å². The number of hydrogen-bond acceptors (Lipinski definition) is 3. The minimum atomic E-state index is -0.320. The van der Waals surface area contributed by atoms with E-state index in [1.165, 1.54) is 5.56 Å². The van der Waals surface area contributed by atoms with Crippen LogP contribution in [0.2, 0.25) is 0 Å². The van der Waals surface area contributed by atoms with Gasteiger partial charge in [-0.2, -0.15) is 0 Å². The number of hydrogen-bond donors (Lipinski definition) is 2. The predicted molar refractivity (Wildman–Crippen MR) is 74.0 cm³/mol. The van der Waals surface area contributed by atoms with Crippen molar-refractivity contribution in [3.63, 3.8) is 0 Å². The van der Waals surface area contributed by atoms with Crippen LogP contribution in [0.4, 0.5) is 5.69 Å². The van der Waals surface area contributed by atoms with Gasteiger partial charge in [0.25, 0.3) is 0 Å². The Labute approximate surface area is 113 Å². The molecule has 0 bridgehead atoms. The summed E-state index contributed by atoms with van der Waals surface area (Å²) in [5.74, 6) is -0.626. The zero-order chi connectivity index (χ0) is 14.1. The van der Waals surface area contributed by atoms with E-state index in [-0.39, 0.29) is 18.2 Å². The van der Waals surface area contributed by atoms with Gasteiger partial charge >= 0.3 is 0 Å². The summed E-state index contributed by atoms with van der Waals surface area (Å²) in [6.45, 7) is 2.91. The summed E-state index contributed by atoms with van der Waals surface area (Å²) in [4.78, 5) is 23.0. The second kappa shape index (κ2) is 8.26. The third-order valence-corrected chi connectivity index (χ3v) is 2.60. The van der Waals surface area contributed by atoms with Gasteiger partial charge in [-0.3, -0.25) is 9.59 Å². The van der Waals surface area contributed by atoms with Crippen LogP contribution in [0.1, 0.15) is 18.9 Å². The van der Waals surface area contributed by atoms with Crippen LogP contribution < -0.4 is 10.6 Å². The van der Waals surface area contributed by atoms with Crippen molar-refractivity contribution in [2.45, 2.75) is 19.8 Å². The number of amides is 2. The molecule has 1 aromatic carbocycles. The molecule has 0 atom stereocenters. The molecular weight excluding hydrogens is 244 g/mol. The first-order valence-electron chi connectivity index (χ1n) is 6.30. The van der Waals surface area contributed by atoms with Crippen LogP contribution in [-0.4, -0.2) is 32.1 Å². The molecule has 104 valence electrons. The maximum absolute atomic E-state index is 11.6. The third-order valence-electron chi connectivity index (χ3n) is 2.60. The van der Waals surface area contributed by atoms with Gasteiger partial charge in [-0.15, -0.1) is 0 Å². The topological polar surface area (TPSA) is 67.4 Å². The summed E-state index contributed by atoms with van der Waals surface area (Å²) in [6.07, 6.45) is 0.773. The summed E-state index contributed by atoms with van der Waals surface area (Å²) in [6, 6.07) is 7.57.